The van der Waals surface area contributed by atoms with E-state index in [2.05, 4.69) is 34.0 Å². The molecule has 0 bridgehead atoms. The molecule has 5 rings (SSSR count). The number of ether oxygens (including phenoxy) is 1. The van der Waals surface area contributed by atoms with E-state index in [-0.39, 0.29) is 42.7 Å². The number of nitrogens with zero attached hydrogens (tertiary/aromatic N) is 1. The van der Waals surface area contributed by atoms with Gasteiger partial charge >= 0.3 is 6.09 Å². The highest BCUT2D eigenvalue weighted by atomic mass is 32.1. The standard InChI is InChI=1S/C24H27N3O3S/c1-2-11-30-24(29)27-10-8-18-21(16-9-12-31-14-16)26-20-7-6-15(13-19(20)22(18)27)23(28)25-17-4-3-5-17/h2,6-7,9,12-14,17-18,21-22,26H,1,3-5,8,10-11H2,(H,25,28)/t18-,21?,22-/m0/s1. The Kier molecular flexibility index (Phi) is 5.44. The van der Waals surface area contributed by atoms with Crippen molar-refractivity contribution in [3.8, 4) is 0 Å². The summed E-state index contributed by atoms with van der Waals surface area (Å²) >= 11 is 1.68. The number of likely N-dealkylation sites (tertiary alicyclic amines) is 1. The molecule has 1 saturated carbocycles. The molecule has 162 valence electrons. The Morgan fingerprint density at radius 1 is 1.29 bits per heavy atom. The van der Waals surface area contributed by atoms with E-state index >= 15 is 0 Å². The third-order valence-corrected chi connectivity index (χ3v) is 7.42. The number of amides is 2. The smallest absolute Gasteiger partial charge is 0.410 e. The van der Waals surface area contributed by atoms with Crippen LogP contribution in [0.15, 0.2) is 47.7 Å². The number of carbonyl (C=O) groups is 2. The molecule has 1 aromatic carbocycles. The van der Waals surface area contributed by atoms with Gasteiger partial charge in [0.15, 0.2) is 0 Å². The van der Waals surface area contributed by atoms with E-state index in [1.807, 2.05) is 23.1 Å². The summed E-state index contributed by atoms with van der Waals surface area (Å²) in [6.45, 7) is 4.46. The Morgan fingerprint density at radius 2 is 2.16 bits per heavy atom. The first-order valence-electron chi connectivity index (χ1n) is 10.9. The number of thiophene rings is 1. The van der Waals surface area contributed by atoms with Crippen molar-refractivity contribution in [1.82, 2.24) is 10.2 Å². The molecule has 3 heterocycles. The van der Waals surface area contributed by atoms with Gasteiger partial charge in [-0.2, -0.15) is 11.3 Å². The molecular weight excluding hydrogens is 410 g/mol. The van der Waals surface area contributed by atoms with Gasteiger partial charge in [-0.05, 0) is 71.8 Å². The van der Waals surface area contributed by atoms with E-state index in [9.17, 15) is 9.59 Å². The molecule has 3 aliphatic rings. The summed E-state index contributed by atoms with van der Waals surface area (Å²) < 4.78 is 5.39. The number of carbonyl (C=O) groups excluding carboxylic acids is 2. The van der Waals surface area contributed by atoms with Gasteiger partial charge in [0.2, 0.25) is 0 Å². The predicted octanol–water partition coefficient (Wildman–Crippen LogP) is 4.88. The molecule has 7 heteroatoms. The molecule has 0 spiro atoms. The number of nitrogens with one attached hydrogen (secondary N) is 2. The maximum absolute atomic E-state index is 12.8. The molecule has 1 unspecified atom stereocenters. The van der Waals surface area contributed by atoms with Crippen LogP contribution in [0.1, 0.15) is 59.3 Å². The van der Waals surface area contributed by atoms with Crippen molar-refractivity contribution in [3.05, 3.63) is 64.4 Å². The summed E-state index contributed by atoms with van der Waals surface area (Å²) in [5, 5.41) is 11.0. The largest absolute Gasteiger partial charge is 0.445 e. The molecule has 2 N–H and O–H groups in total. The predicted molar refractivity (Wildman–Crippen MR) is 121 cm³/mol. The lowest BCUT2D eigenvalue weighted by molar-refractivity contribution is 0.0916. The zero-order valence-electron chi connectivity index (χ0n) is 17.4. The van der Waals surface area contributed by atoms with Crippen molar-refractivity contribution < 1.29 is 14.3 Å². The third kappa shape index (κ3) is 3.71. The number of anilines is 1. The molecular formula is C24H27N3O3S. The minimum atomic E-state index is -0.325. The normalized spacial score (nSPS) is 24.4. The van der Waals surface area contributed by atoms with Gasteiger partial charge in [0.1, 0.15) is 6.61 Å². The van der Waals surface area contributed by atoms with Gasteiger partial charge in [-0.1, -0.05) is 12.7 Å². The van der Waals surface area contributed by atoms with Crippen molar-refractivity contribution >= 4 is 29.0 Å². The second kappa shape index (κ2) is 8.38. The fourth-order valence-electron chi connectivity index (χ4n) is 4.94. The van der Waals surface area contributed by atoms with Crippen LogP contribution >= 0.6 is 11.3 Å². The molecule has 1 aliphatic carbocycles. The lowest BCUT2D eigenvalue weighted by Crippen LogP contribution is -2.40. The molecule has 2 fully saturated rings. The summed E-state index contributed by atoms with van der Waals surface area (Å²) in [4.78, 5) is 27.4. The minimum absolute atomic E-state index is 0.0391. The van der Waals surface area contributed by atoms with Gasteiger partial charge in [0.05, 0.1) is 12.1 Å². The molecule has 2 amide bonds. The fourth-order valence-corrected chi connectivity index (χ4v) is 5.64. The Bertz CT molecular complexity index is 986. The first-order chi connectivity index (χ1) is 15.2. The van der Waals surface area contributed by atoms with Crippen molar-refractivity contribution in [1.29, 1.82) is 0 Å². The lowest BCUT2D eigenvalue weighted by Gasteiger charge is -2.39. The van der Waals surface area contributed by atoms with Crippen LogP contribution in [0.2, 0.25) is 0 Å². The van der Waals surface area contributed by atoms with Gasteiger partial charge in [0, 0.05) is 29.8 Å². The van der Waals surface area contributed by atoms with Gasteiger partial charge < -0.3 is 20.3 Å². The number of hydrogen-bond donors (Lipinski definition) is 2. The summed E-state index contributed by atoms with van der Waals surface area (Å²) in [5.41, 5.74) is 3.84. The fraction of sp³-hybridized carbons (Fsp3) is 0.417. The Balaban J connectivity index is 1.49. The molecule has 1 aromatic heterocycles. The topological polar surface area (TPSA) is 70.7 Å². The van der Waals surface area contributed by atoms with Crippen LogP contribution in [0.5, 0.6) is 0 Å². The minimum Gasteiger partial charge on any atom is -0.445 e. The first kappa shape index (κ1) is 20.1. The van der Waals surface area contributed by atoms with E-state index in [0.717, 1.165) is 30.5 Å². The molecule has 6 nitrogen and oxygen atoms in total. The molecule has 1 saturated heterocycles. The van der Waals surface area contributed by atoms with E-state index in [1.165, 1.54) is 12.0 Å². The monoisotopic (exact) mass is 437 g/mol. The molecule has 0 radical (unpaired) electrons. The van der Waals surface area contributed by atoms with Crippen molar-refractivity contribution in [2.24, 2.45) is 5.92 Å². The molecule has 31 heavy (non-hydrogen) atoms. The highest BCUT2D eigenvalue weighted by Gasteiger charge is 2.47. The Hall–Kier alpha value is -2.80. The number of fused-ring (bicyclic) bond motifs is 3. The van der Waals surface area contributed by atoms with Crippen LogP contribution in [-0.2, 0) is 4.74 Å². The maximum atomic E-state index is 12.8. The van der Waals surface area contributed by atoms with Crippen LogP contribution in [0.25, 0.3) is 0 Å². The average Bonchev–Trinajstić information content (AvgIpc) is 3.44. The summed E-state index contributed by atoms with van der Waals surface area (Å²) in [7, 11) is 0. The second-order valence-corrected chi connectivity index (χ2v) is 9.32. The van der Waals surface area contributed by atoms with Crippen molar-refractivity contribution in [2.75, 3.05) is 18.5 Å². The summed E-state index contributed by atoms with van der Waals surface area (Å²) in [5.74, 6) is 0.172. The highest BCUT2D eigenvalue weighted by Crippen LogP contribution is 2.51. The molecule has 2 aromatic rings. The van der Waals surface area contributed by atoms with Crippen molar-refractivity contribution in [3.63, 3.8) is 0 Å². The molecule has 3 atom stereocenters. The van der Waals surface area contributed by atoms with E-state index in [4.69, 9.17) is 4.74 Å². The van der Waals surface area contributed by atoms with E-state index in [0.29, 0.717) is 12.1 Å². The highest BCUT2D eigenvalue weighted by molar-refractivity contribution is 7.08. The van der Waals surface area contributed by atoms with Gasteiger partial charge in [-0.25, -0.2) is 4.79 Å². The number of rotatable bonds is 5. The maximum Gasteiger partial charge on any atom is 0.410 e. The summed E-state index contributed by atoms with van der Waals surface area (Å²) in [6, 6.07) is 8.23. The van der Waals surface area contributed by atoms with E-state index < -0.39 is 0 Å². The lowest BCUT2D eigenvalue weighted by atomic mass is 9.80. The molecule has 2 aliphatic heterocycles. The van der Waals surface area contributed by atoms with Crippen LogP contribution < -0.4 is 10.6 Å². The average molecular weight is 438 g/mol. The summed E-state index contributed by atoms with van der Waals surface area (Å²) in [6.07, 6.45) is 5.41. The van der Waals surface area contributed by atoms with Gasteiger partial charge in [0.25, 0.3) is 5.91 Å². The first-order valence-corrected chi connectivity index (χ1v) is 11.9. The van der Waals surface area contributed by atoms with Crippen LogP contribution in [0.4, 0.5) is 10.5 Å². The van der Waals surface area contributed by atoms with Crippen LogP contribution in [-0.4, -0.2) is 36.1 Å². The number of hydrogen-bond acceptors (Lipinski definition) is 5. The third-order valence-electron chi connectivity index (χ3n) is 6.72. The second-order valence-electron chi connectivity index (χ2n) is 8.54. The number of benzene rings is 1. The van der Waals surface area contributed by atoms with Gasteiger partial charge in [-0.15, -0.1) is 0 Å². The zero-order valence-corrected chi connectivity index (χ0v) is 18.2. The Morgan fingerprint density at radius 3 is 2.87 bits per heavy atom. The quantitative estimate of drug-likeness (QED) is 0.654. The van der Waals surface area contributed by atoms with Gasteiger partial charge in [-0.3, -0.25) is 4.79 Å². The zero-order chi connectivity index (χ0) is 21.4. The van der Waals surface area contributed by atoms with Crippen molar-refractivity contribution in [2.45, 2.75) is 43.8 Å². The van der Waals surface area contributed by atoms with Crippen LogP contribution in [0.3, 0.4) is 0 Å². The van der Waals surface area contributed by atoms with Crippen LogP contribution in [0, 0.1) is 5.92 Å². The van der Waals surface area contributed by atoms with E-state index in [1.54, 1.807) is 17.4 Å². The Labute approximate surface area is 186 Å². The SMILES string of the molecule is C=CCOC(=O)N1CC[C@H]2C(c3ccsc3)Nc3ccc(C(=O)NC4CCC4)cc3[C@H]21.